The number of imidazole rings is 1. The first-order valence-electron chi connectivity index (χ1n) is 10.3. The van der Waals surface area contributed by atoms with Gasteiger partial charge in [0.25, 0.3) is 0 Å². The molecular formula is C21H31N5O3S. The molecule has 1 aliphatic rings. The van der Waals surface area contributed by atoms with E-state index >= 15 is 0 Å². The van der Waals surface area contributed by atoms with Crippen molar-refractivity contribution >= 4 is 32.6 Å². The molecule has 0 spiro atoms. The summed E-state index contributed by atoms with van der Waals surface area (Å²) in [4.78, 5) is 16.7. The van der Waals surface area contributed by atoms with Crippen LogP contribution in [0.3, 0.4) is 0 Å². The van der Waals surface area contributed by atoms with Gasteiger partial charge in [-0.25, -0.2) is 13.4 Å². The topological polar surface area (TPSA) is 110 Å². The van der Waals surface area contributed by atoms with Crippen LogP contribution in [0.5, 0.6) is 5.88 Å². The molecule has 30 heavy (non-hydrogen) atoms. The Morgan fingerprint density at radius 1 is 1.20 bits per heavy atom. The van der Waals surface area contributed by atoms with Gasteiger partial charge in [0, 0.05) is 8.54 Å². The number of nitrogens with one attached hydrogen (secondary N) is 2. The SMILES string of the molecule is Cc1cc(S(=O)(=O)C(C)C)ccc1Nc1nc(OC2CCCCC2)c2[nH]cnc2n1.[HH].[HH]. The second-order valence-electron chi connectivity index (χ2n) is 8.03. The van der Waals surface area contributed by atoms with Gasteiger partial charge in [-0.2, -0.15) is 9.97 Å². The maximum Gasteiger partial charge on any atom is 0.245 e. The third-order valence-electron chi connectivity index (χ3n) is 5.48. The molecule has 0 atom stereocenters. The van der Waals surface area contributed by atoms with Gasteiger partial charge in [0.15, 0.2) is 15.5 Å². The lowest BCUT2D eigenvalue weighted by atomic mass is 9.98. The van der Waals surface area contributed by atoms with Crippen LogP contribution in [-0.4, -0.2) is 39.7 Å². The van der Waals surface area contributed by atoms with Crippen molar-refractivity contribution < 1.29 is 16.0 Å². The predicted molar refractivity (Wildman–Crippen MR) is 120 cm³/mol. The van der Waals surface area contributed by atoms with Crippen molar-refractivity contribution in [2.45, 2.75) is 69.1 Å². The van der Waals surface area contributed by atoms with E-state index in [2.05, 4.69) is 25.3 Å². The maximum atomic E-state index is 12.4. The fraction of sp³-hybridized carbons (Fsp3) is 0.476. The van der Waals surface area contributed by atoms with Crippen molar-refractivity contribution in [2.24, 2.45) is 0 Å². The second-order valence-corrected chi connectivity index (χ2v) is 10.5. The van der Waals surface area contributed by atoms with E-state index in [0.717, 1.165) is 36.9 Å². The Morgan fingerprint density at radius 3 is 2.67 bits per heavy atom. The van der Waals surface area contributed by atoms with Crippen LogP contribution < -0.4 is 10.1 Å². The van der Waals surface area contributed by atoms with Crippen LogP contribution in [0.25, 0.3) is 11.2 Å². The molecule has 2 aromatic heterocycles. The van der Waals surface area contributed by atoms with Gasteiger partial charge in [0.1, 0.15) is 11.6 Å². The minimum Gasteiger partial charge on any atom is -0.473 e. The van der Waals surface area contributed by atoms with Crippen LogP contribution in [0.2, 0.25) is 0 Å². The van der Waals surface area contributed by atoms with Gasteiger partial charge < -0.3 is 15.0 Å². The Balaban J connectivity index is 0.00000181. The molecule has 0 aliphatic heterocycles. The Morgan fingerprint density at radius 2 is 1.97 bits per heavy atom. The van der Waals surface area contributed by atoms with E-state index in [-0.39, 0.29) is 8.96 Å². The summed E-state index contributed by atoms with van der Waals surface area (Å²) in [7, 11) is -3.33. The summed E-state index contributed by atoms with van der Waals surface area (Å²) in [5.41, 5.74) is 2.73. The molecule has 1 saturated carbocycles. The van der Waals surface area contributed by atoms with Crippen LogP contribution in [0, 0.1) is 6.92 Å². The Hall–Kier alpha value is -2.68. The fourth-order valence-electron chi connectivity index (χ4n) is 3.63. The highest BCUT2D eigenvalue weighted by molar-refractivity contribution is 7.92. The fourth-order valence-corrected chi connectivity index (χ4v) is 4.78. The molecular weight excluding hydrogens is 402 g/mol. The first-order valence-corrected chi connectivity index (χ1v) is 11.9. The average molecular weight is 434 g/mol. The lowest BCUT2D eigenvalue weighted by molar-refractivity contribution is 0.150. The van der Waals surface area contributed by atoms with Crippen molar-refractivity contribution in [1.29, 1.82) is 0 Å². The third kappa shape index (κ3) is 4.12. The van der Waals surface area contributed by atoms with Crippen LogP contribution in [-0.2, 0) is 9.84 Å². The summed E-state index contributed by atoms with van der Waals surface area (Å²) in [5, 5.41) is 2.72. The minimum atomic E-state index is -3.33. The van der Waals surface area contributed by atoms with Gasteiger partial charge in [-0.05, 0) is 70.2 Å². The lowest BCUT2D eigenvalue weighted by Crippen LogP contribution is -2.20. The molecule has 0 bridgehead atoms. The summed E-state index contributed by atoms with van der Waals surface area (Å²) in [5.74, 6) is 0.853. The summed E-state index contributed by atoms with van der Waals surface area (Å²) in [6, 6.07) is 5.02. The number of H-pyrrole nitrogens is 1. The van der Waals surface area contributed by atoms with E-state index in [4.69, 9.17) is 4.74 Å². The molecule has 9 heteroatoms. The summed E-state index contributed by atoms with van der Waals surface area (Å²) >= 11 is 0. The highest BCUT2D eigenvalue weighted by atomic mass is 32.2. The van der Waals surface area contributed by atoms with Crippen LogP contribution >= 0.6 is 0 Å². The molecule has 0 unspecified atom stereocenters. The number of hydrogen-bond donors (Lipinski definition) is 2. The summed E-state index contributed by atoms with van der Waals surface area (Å²) in [6.45, 7) is 5.21. The largest absolute Gasteiger partial charge is 0.473 e. The number of aromatic amines is 1. The van der Waals surface area contributed by atoms with E-state index in [0.29, 0.717) is 27.9 Å². The number of nitrogens with zero attached hydrogens (tertiary/aromatic N) is 3. The number of aromatic nitrogens is 4. The monoisotopic (exact) mass is 433 g/mol. The first-order chi connectivity index (χ1) is 14.3. The normalized spacial score (nSPS) is 15.6. The number of rotatable bonds is 6. The molecule has 4 rings (SSSR count). The number of benzene rings is 1. The van der Waals surface area contributed by atoms with Crippen molar-refractivity contribution in [3.63, 3.8) is 0 Å². The average Bonchev–Trinajstić information content (AvgIpc) is 3.19. The van der Waals surface area contributed by atoms with E-state index in [1.54, 1.807) is 38.4 Å². The third-order valence-corrected chi connectivity index (χ3v) is 7.63. The molecule has 2 heterocycles. The zero-order chi connectivity index (χ0) is 21.3. The molecule has 1 fully saturated rings. The number of hydrogen-bond acceptors (Lipinski definition) is 7. The van der Waals surface area contributed by atoms with E-state index < -0.39 is 15.1 Å². The minimum absolute atomic E-state index is 0. The summed E-state index contributed by atoms with van der Waals surface area (Å²) < 4.78 is 31.0. The number of sulfone groups is 1. The smallest absolute Gasteiger partial charge is 0.245 e. The Bertz CT molecular complexity index is 1160. The molecule has 3 aromatic rings. The quantitative estimate of drug-likeness (QED) is 0.575. The summed E-state index contributed by atoms with van der Waals surface area (Å²) in [6.07, 6.45) is 7.34. The zero-order valence-corrected chi connectivity index (χ0v) is 18.3. The molecule has 2 N–H and O–H groups in total. The van der Waals surface area contributed by atoms with Crippen molar-refractivity contribution in [2.75, 3.05) is 5.32 Å². The molecule has 0 saturated heterocycles. The van der Waals surface area contributed by atoms with Crippen molar-refractivity contribution in [3.8, 4) is 5.88 Å². The highest BCUT2D eigenvalue weighted by Gasteiger charge is 2.21. The molecule has 1 aromatic carbocycles. The predicted octanol–water partition coefficient (Wildman–Crippen LogP) is 4.79. The van der Waals surface area contributed by atoms with Gasteiger partial charge in [-0.15, -0.1) is 0 Å². The zero-order valence-electron chi connectivity index (χ0n) is 17.5. The van der Waals surface area contributed by atoms with Crippen LogP contribution in [0.1, 0.15) is 54.4 Å². The Labute approximate surface area is 179 Å². The van der Waals surface area contributed by atoms with Gasteiger partial charge in [0.05, 0.1) is 16.5 Å². The van der Waals surface area contributed by atoms with Crippen LogP contribution in [0.15, 0.2) is 29.4 Å². The molecule has 0 radical (unpaired) electrons. The van der Waals surface area contributed by atoms with Crippen LogP contribution in [0.4, 0.5) is 11.6 Å². The molecule has 164 valence electrons. The lowest BCUT2D eigenvalue weighted by Gasteiger charge is -2.22. The van der Waals surface area contributed by atoms with Gasteiger partial charge in [-0.3, -0.25) is 0 Å². The number of fused-ring (bicyclic) bond motifs is 1. The van der Waals surface area contributed by atoms with Gasteiger partial charge >= 0.3 is 0 Å². The number of anilines is 2. The second kappa shape index (κ2) is 8.22. The molecule has 1 aliphatic carbocycles. The van der Waals surface area contributed by atoms with E-state index in [1.807, 2.05) is 6.92 Å². The van der Waals surface area contributed by atoms with E-state index in [1.165, 1.54) is 6.42 Å². The molecule has 0 amide bonds. The molecule has 8 nitrogen and oxygen atoms in total. The first kappa shape index (κ1) is 20.6. The highest BCUT2D eigenvalue weighted by Crippen LogP contribution is 2.29. The number of aryl methyl sites for hydroxylation is 1. The van der Waals surface area contributed by atoms with Gasteiger partial charge in [-0.1, -0.05) is 6.42 Å². The van der Waals surface area contributed by atoms with Gasteiger partial charge in [0.2, 0.25) is 11.8 Å². The number of ether oxygens (including phenoxy) is 1. The van der Waals surface area contributed by atoms with Crippen molar-refractivity contribution in [3.05, 3.63) is 30.1 Å². The Kier molecular flexibility index (Phi) is 5.64. The van der Waals surface area contributed by atoms with E-state index in [9.17, 15) is 8.42 Å². The van der Waals surface area contributed by atoms with Crippen molar-refractivity contribution in [1.82, 2.24) is 19.9 Å². The maximum absolute atomic E-state index is 12.4. The standard InChI is InChI=1S/C21H27N5O3S.2H2/c1-13(2)30(27,28)16-9-10-17(14(3)11-16)24-21-25-19-18(22-12-23-19)20(26-21)29-15-7-5-4-6-8-15;;/h9-13,15H,4-8H2,1-3H3,(H2,22,23,24,25,26);2*1H.